The van der Waals surface area contributed by atoms with Gasteiger partial charge in [-0.2, -0.15) is 0 Å². The fourth-order valence-corrected chi connectivity index (χ4v) is 6.70. The number of nitrogens with two attached hydrogens (primary N) is 1. The molecule has 0 radical (unpaired) electrons. The molecule has 0 saturated carbocycles. The summed E-state index contributed by atoms with van der Waals surface area (Å²) in [7, 11) is 0. The SMILES string of the molecule is CCCCCCCCC=CCCCCCCCCOC(COCCN(CC)CCO)C(OCCCCCCCCC=CCCCCCCCC)C(N)=O. The molecule has 2 atom stereocenters. The van der Waals surface area contributed by atoms with Crippen molar-refractivity contribution in [2.45, 2.75) is 213 Å². The minimum absolute atomic E-state index is 0.129. The van der Waals surface area contributed by atoms with Gasteiger partial charge in [0.05, 0.1) is 19.8 Å². The second kappa shape index (κ2) is 43.5. The fraction of sp³-hybridized carbons (Fsp3) is 0.891. The molecule has 2 unspecified atom stereocenters. The van der Waals surface area contributed by atoms with Crippen LogP contribution in [0.5, 0.6) is 0 Å². The molecule has 3 N–H and O–H groups in total. The molecule has 0 bridgehead atoms. The molecule has 0 aliphatic carbocycles. The van der Waals surface area contributed by atoms with Crippen molar-refractivity contribution in [3.05, 3.63) is 24.3 Å². The van der Waals surface area contributed by atoms with Crippen LogP contribution < -0.4 is 5.73 Å². The second-order valence-corrected chi connectivity index (χ2v) is 15.2. The summed E-state index contributed by atoms with van der Waals surface area (Å²) in [5.41, 5.74) is 5.84. The van der Waals surface area contributed by atoms with Crippen molar-refractivity contribution in [1.82, 2.24) is 4.90 Å². The van der Waals surface area contributed by atoms with Crippen molar-refractivity contribution in [2.24, 2.45) is 5.73 Å². The third-order valence-electron chi connectivity index (χ3n) is 10.3. The van der Waals surface area contributed by atoms with Crippen molar-refractivity contribution >= 4 is 5.91 Å². The summed E-state index contributed by atoms with van der Waals surface area (Å²) in [4.78, 5) is 14.7. The van der Waals surface area contributed by atoms with Gasteiger partial charge in [0.2, 0.25) is 5.91 Å². The van der Waals surface area contributed by atoms with Gasteiger partial charge in [-0.25, -0.2) is 0 Å². The number of aliphatic hydroxyl groups is 1. The van der Waals surface area contributed by atoms with E-state index < -0.39 is 18.1 Å². The minimum Gasteiger partial charge on any atom is -0.395 e. The summed E-state index contributed by atoms with van der Waals surface area (Å²) in [5, 5.41) is 9.29. The summed E-state index contributed by atoms with van der Waals surface area (Å²) < 4.78 is 18.3. The van der Waals surface area contributed by atoms with E-state index in [0.29, 0.717) is 26.4 Å². The standard InChI is InChI=1S/C46H90N2O5/c1-4-7-9-11-13-15-17-19-21-23-25-27-29-31-33-35-40-52-44(43-51-42-38-48(6-3)37-39-49)45(46(47)50)53-41-36-34-32-30-28-26-24-22-20-18-16-14-12-10-8-5-2/h19-22,44-45,49H,4-18,23-43H2,1-3H3,(H2,47,50). The van der Waals surface area contributed by atoms with Gasteiger partial charge in [-0.3, -0.25) is 9.69 Å². The molecular formula is C46H90N2O5. The van der Waals surface area contributed by atoms with E-state index in [9.17, 15) is 9.90 Å². The first-order valence-corrected chi connectivity index (χ1v) is 22.8. The van der Waals surface area contributed by atoms with Gasteiger partial charge < -0.3 is 25.1 Å². The van der Waals surface area contributed by atoms with Crippen molar-refractivity contribution < 1.29 is 24.1 Å². The third kappa shape index (κ3) is 37.5. The van der Waals surface area contributed by atoms with Crippen LogP contribution >= 0.6 is 0 Å². The van der Waals surface area contributed by atoms with E-state index in [1.54, 1.807) is 0 Å². The molecule has 53 heavy (non-hydrogen) atoms. The van der Waals surface area contributed by atoms with Gasteiger partial charge in [-0.05, 0) is 70.8 Å². The number of aliphatic hydroxyl groups excluding tert-OH is 1. The zero-order valence-electron chi connectivity index (χ0n) is 35.5. The first-order valence-electron chi connectivity index (χ1n) is 22.8. The monoisotopic (exact) mass is 751 g/mol. The molecule has 7 nitrogen and oxygen atoms in total. The van der Waals surface area contributed by atoms with E-state index in [4.69, 9.17) is 19.9 Å². The maximum atomic E-state index is 12.5. The molecule has 0 heterocycles. The van der Waals surface area contributed by atoms with Gasteiger partial charge in [0.15, 0.2) is 6.10 Å². The zero-order valence-corrected chi connectivity index (χ0v) is 35.5. The number of carbonyl (C=O) groups is 1. The predicted molar refractivity (Wildman–Crippen MR) is 228 cm³/mol. The van der Waals surface area contributed by atoms with Gasteiger partial charge in [0, 0.05) is 26.3 Å². The van der Waals surface area contributed by atoms with Crippen molar-refractivity contribution in [3.8, 4) is 0 Å². The number of likely N-dealkylation sites (N-methyl/N-ethyl adjacent to an activating group) is 1. The molecule has 0 spiro atoms. The number of nitrogens with zero attached hydrogens (tertiary/aromatic N) is 1. The minimum atomic E-state index is -0.813. The van der Waals surface area contributed by atoms with Crippen molar-refractivity contribution in [2.75, 3.05) is 52.7 Å². The average Bonchev–Trinajstić information content (AvgIpc) is 3.16. The summed E-state index contributed by atoms with van der Waals surface area (Å²) in [6, 6.07) is 0. The molecule has 314 valence electrons. The summed E-state index contributed by atoms with van der Waals surface area (Å²) in [6.07, 6.45) is 43.5. The van der Waals surface area contributed by atoms with Crippen LogP contribution in [0.4, 0.5) is 0 Å². The number of hydrogen-bond acceptors (Lipinski definition) is 6. The number of allylic oxidation sites excluding steroid dienone is 4. The van der Waals surface area contributed by atoms with Crippen LogP contribution in [-0.2, 0) is 19.0 Å². The number of rotatable bonds is 44. The van der Waals surface area contributed by atoms with Crippen LogP contribution in [0.3, 0.4) is 0 Å². The Balaban J connectivity index is 4.31. The number of ether oxygens (including phenoxy) is 3. The van der Waals surface area contributed by atoms with E-state index in [-0.39, 0.29) is 13.2 Å². The Hall–Kier alpha value is -1.25. The van der Waals surface area contributed by atoms with Gasteiger partial charge >= 0.3 is 0 Å². The van der Waals surface area contributed by atoms with E-state index in [0.717, 1.165) is 38.8 Å². The molecular weight excluding hydrogens is 661 g/mol. The van der Waals surface area contributed by atoms with Crippen LogP contribution in [0, 0.1) is 0 Å². The molecule has 0 rings (SSSR count). The average molecular weight is 751 g/mol. The highest BCUT2D eigenvalue weighted by Crippen LogP contribution is 2.14. The highest BCUT2D eigenvalue weighted by Gasteiger charge is 2.28. The molecule has 0 aromatic rings. The highest BCUT2D eigenvalue weighted by atomic mass is 16.6. The first kappa shape index (κ1) is 51.8. The molecule has 0 aliphatic rings. The lowest BCUT2D eigenvalue weighted by molar-refractivity contribution is -0.148. The highest BCUT2D eigenvalue weighted by molar-refractivity contribution is 5.79. The molecule has 0 aliphatic heterocycles. The quantitative estimate of drug-likeness (QED) is 0.0476. The smallest absolute Gasteiger partial charge is 0.249 e. The zero-order chi connectivity index (χ0) is 38.7. The Morgan fingerprint density at radius 2 is 0.943 bits per heavy atom. The fourth-order valence-electron chi connectivity index (χ4n) is 6.70. The number of unbranched alkanes of at least 4 members (excludes halogenated alkanes) is 24. The van der Waals surface area contributed by atoms with Crippen LogP contribution in [-0.4, -0.2) is 80.8 Å². The maximum absolute atomic E-state index is 12.5. The summed E-state index contributed by atoms with van der Waals surface area (Å²) in [6.45, 7) is 10.8. The largest absolute Gasteiger partial charge is 0.395 e. The molecule has 0 saturated heterocycles. The van der Waals surface area contributed by atoms with Gasteiger partial charge in [0.1, 0.15) is 6.10 Å². The van der Waals surface area contributed by atoms with E-state index >= 15 is 0 Å². The number of hydrogen-bond donors (Lipinski definition) is 2. The number of carbonyl (C=O) groups excluding carboxylic acids is 1. The van der Waals surface area contributed by atoms with Crippen molar-refractivity contribution in [1.29, 1.82) is 0 Å². The predicted octanol–water partition coefficient (Wildman–Crippen LogP) is 11.6. The van der Waals surface area contributed by atoms with Crippen LogP contribution in [0.1, 0.15) is 201 Å². The van der Waals surface area contributed by atoms with E-state index in [1.807, 2.05) is 0 Å². The third-order valence-corrected chi connectivity index (χ3v) is 10.3. The Labute approximate surface area is 329 Å². The Kier molecular flexibility index (Phi) is 42.5. The number of primary amides is 1. The van der Waals surface area contributed by atoms with E-state index in [2.05, 4.69) is 50.0 Å². The summed E-state index contributed by atoms with van der Waals surface area (Å²) >= 11 is 0. The Morgan fingerprint density at radius 1 is 0.547 bits per heavy atom. The normalized spacial score (nSPS) is 13.2. The van der Waals surface area contributed by atoms with Gasteiger partial charge in [0.25, 0.3) is 0 Å². The van der Waals surface area contributed by atoms with E-state index in [1.165, 1.54) is 154 Å². The lowest BCUT2D eigenvalue weighted by Gasteiger charge is -2.26. The molecule has 1 amide bonds. The molecule has 7 heteroatoms. The molecule has 0 aromatic carbocycles. The first-order chi connectivity index (χ1) is 26.1. The number of amides is 1. The topological polar surface area (TPSA) is 94.2 Å². The van der Waals surface area contributed by atoms with Crippen molar-refractivity contribution in [3.63, 3.8) is 0 Å². The van der Waals surface area contributed by atoms with Crippen LogP contribution in [0.15, 0.2) is 24.3 Å². The summed E-state index contributed by atoms with van der Waals surface area (Å²) in [5.74, 6) is -0.486. The lowest BCUT2D eigenvalue weighted by Crippen LogP contribution is -2.45. The van der Waals surface area contributed by atoms with Gasteiger partial charge in [-0.1, -0.05) is 161 Å². The Bertz CT molecular complexity index is 792. The Morgan fingerprint density at radius 3 is 1.34 bits per heavy atom. The molecule has 0 fully saturated rings. The lowest BCUT2D eigenvalue weighted by atomic mass is 10.1. The van der Waals surface area contributed by atoms with Gasteiger partial charge in [-0.15, -0.1) is 0 Å². The second-order valence-electron chi connectivity index (χ2n) is 15.2. The van der Waals surface area contributed by atoms with Crippen LogP contribution in [0.25, 0.3) is 0 Å². The maximum Gasteiger partial charge on any atom is 0.249 e. The molecule has 0 aromatic heterocycles. The van der Waals surface area contributed by atoms with Crippen LogP contribution in [0.2, 0.25) is 0 Å².